The Labute approximate surface area is 132 Å². The summed E-state index contributed by atoms with van der Waals surface area (Å²) in [6, 6.07) is 13.9. The van der Waals surface area contributed by atoms with Gasteiger partial charge in [-0.05, 0) is 29.8 Å². The lowest BCUT2D eigenvalue weighted by Gasteiger charge is -2.03. The molecule has 4 nitrogen and oxygen atoms in total. The first kappa shape index (κ1) is 14.6. The Morgan fingerprint density at radius 2 is 1.91 bits per heavy atom. The first-order valence-electron chi connectivity index (χ1n) is 6.78. The minimum absolute atomic E-state index is 0.0964. The fraction of sp³-hybridized carbons (Fsp3) is 0.125. The second-order valence-corrected chi connectivity index (χ2v) is 5.17. The minimum Gasteiger partial charge on any atom is -0.308 e. The molecule has 0 saturated carbocycles. The van der Waals surface area contributed by atoms with Crippen molar-refractivity contribution in [1.82, 2.24) is 9.78 Å². The smallest absolute Gasteiger partial charge is 0.235 e. The molecule has 0 spiro atoms. The Morgan fingerprint density at radius 1 is 1.18 bits per heavy atom. The number of anilines is 1. The molecule has 0 fully saturated rings. The van der Waals surface area contributed by atoms with Gasteiger partial charge in [0.2, 0.25) is 5.91 Å². The summed E-state index contributed by atoms with van der Waals surface area (Å²) < 4.78 is 14.8. The number of carbonyl (C=O) groups excluding carboxylic acids is 1. The third-order valence-corrected chi connectivity index (χ3v) is 3.59. The van der Waals surface area contributed by atoms with Crippen LogP contribution in [0, 0.1) is 5.82 Å². The average molecular weight is 315 g/mol. The van der Waals surface area contributed by atoms with Crippen molar-refractivity contribution in [2.75, 3.05) is 11.1 Å². The average Bonchev–Trinajstić information content (AvgIpc) is 2.87. The number of benzene rings is 2. The number of fused-ring (bicyclic) bond motifs is 1. The quantitative estimate of drug-likeness (QED) is 0.727. The van der Waals surface area contributed by atoms with Crippen molar-refractivity contribution >= 4 is 35.3 Å². The van der Waals surface area contributed by atoms with E-state index in [1.165, 1.54) is 12.1 Å². The van der Waals surface area contributed by atoms with E-state index in [1.807, 2.05) is 24.3 Å². The van der Waals surface area contributed by atoms with Crippen molar-refractivity contribution in [3.8, 4) is 0 Å². The molecule has 22 heavy (non-hydrogen) atoms. The van der Waals surface area contributed by atoms with Crippen LogP contribution >= 0.6 is 12.6 Å². The second kappa shape index (κ2) is 6.19. The molecule has 0 atom stereocenters. The van der Waals surface area contributed by atoms with Crippen molar-refractivity contribution in [3.05, 3.63) is 59.9 Å². The maximum absolute atomic E-state index is 13.0. The summed E-state index contributed by atoms with van der Waals surface area (Å²) >= 11 is 3.95. The van der Waals surface area contributed by atoms with E-state index in [0.717, 1.165) is 16.5 Å². The third kappa shape index (κ3) is 2.96. The number of rotatable bonds is 4. The highest BCUT2D eigenvalue weighted by Crippen LogP contribution is 2.23. The van der Waals surface area contributed by atoms with Gasteiger partial charge in [-0.1, -0.05) is 24.3 Å². The van der Waals surface area contributed by atoms with Crippen LogP contribution in [0.25, 0.3) is 10.9 Å². The molecule has 112 valence electrons. The van der Waals surface area contributed by atoms with Crippen molar-refractivity contribution < 1.29 is 9.18 Å². The molecule has 1 aromatic heterocycles. The highest BCUT2D eigenvalue weighted by atomic mass is 32.1. The summed E-state index contributed by atoms with van der Waals surface area (Å²) in [5.41, 5.74) is 1.84. The molecular formula is C16H14FN3OS. The van der Waals surface area contributed by atoms with Gasteiger partial charge in [-0.15, -0.1) is 0 Å². The number of para-hydroxylation sites is 1. The van der Waals surface area contributed by atoms with Gasteiger partial charge in [-0.2, -0.15) is 17.7 Å². The van der Waals surface area contributed by atoms with Crippen LogP contribution in [0.5, 0.6) is 0 Å². The van der Waals surface area contributed by atoms with Crippen molar-refractivity contribution in [2.45, 2.75) is 6.54 Å². The Balaban J connectivity index is 1.98. The maximum Gasteiger partial charge on any atom is 0.235 e. The molecule has 0 aliphatic carbocycles. The molecule has 1 amide bonds. The van der Waals surface area contributed by atoms with Gasteiger partial charge in [0.15, 0.2) is 5.82 Å². The molecule has 0 saturated heterocycles. The summed E-state index contributed by atoms with van der Waals surface area (Å²) in [6.45, 7) is 0.498. The summed E-state index contributed by atoms with van der Waals surface area (Å²) in [5.74, 6) is 0.132. The Kier molecular flexibility index (Phi) is 4.11. The number of thiol groups is 1. The highest BCUT2D eigenvalue weighted by molar-refractivity contribution is 7.81. The standard InChI is InChI=1S/C16H14FN3OS/c17-12-7-5-11(6-8-12)9-20-14-4-2-1-3-13(14)16(19-20)18-15(21)10-22/h1-8,22H,9-10H2,(H,18,19,21). The van der Waals surface area contributed by atoms with Crippen LogP contribution in [-0.4, -0.2) is 21.4 Å². The molecule has 2 aromatic carbocycles. The van der Waals surface area contributed by atoms with Crippen LogP contribution in [0.4, 0.5) is 10.2 Å². The fourth-order valence-corrected chi connectivity index (χ4v) is 2.35. The van der Waals surface area contributed by atoms with E-state index < -0.39 is 0 Å². The summed E-state index contributed by atoms with van der Waals surface area (Å²) in [4.78, 5) is 11.6. The number of nitrogens with one attached hydrogen (secondary N) is 1. The first-order valence-corrected chi connectivity index (χ1v) is 7.41. The lowest BCUT2D eigenvalue weighted by molar-refractivity contribution is -0.113. The molecular weight excluding hydrogens is 301 g/mol. The van der Waals surface area contributed by atoms with Crippen LogP contribution in [0.2, 0.25) is 0 Å². The number of nitrogens with zero attached hydrogens (tertiary/aromatic N) is 2. The van der Waals surface area contributed by atoms with Crippen LogP contribution in [-0.2, 0) is 11.3 Å². The Bertz CT molecular complexity index is 814. The normalized spacial score (nSPS) is 10.8. The number of halogens is 1. The maximum atomic E-state index is 13.0. The SMILES string of the molecule is O=C(CS)Nc1nn(Cc2ccc(F)cc2)c2ccccc12. The van der Waals surface area contributed by atoms with E-state index in [0.29, 0.717) is 12.4 Å². The first-order chi connectivity index (χ1) is 10.7. The van der Waals surface area contributed by atoms with Gasteiger partial charge in [0.1, 0.15) is 5.82 Å². The van der Waals surface area contributed by atoms with Gasteiger partial charge in [-0.3, -0.25) is 9.48 Å². The molecule has 3 aromatic rings. The molecule has 0 aliphatic rings. The number of amides is 1. The van der Waals surface area contributed by atoms with Crippen LogP contribution in [0.3, 0.4) is 0 Å². The zero-order chi connectivity index (χ0) is 15.5. The zero-order valence-electron chi connectivity index (χ0n) is 11.7. The predicted octanol–water partition coefficient (Wildman–Crippen LogP) is 3.09. The van der Waals surface area contributed by atoms with Gasteiger partial charge in [0.05, 0.1) is 17.8 Å². The molecule has 0 unspecified atom stereocenters. The Morgan fingerprint density at radius 3 is 2.64 bits per heavy atom. The van der Waals surface area contributed by atoms with Gasteiger partial charge in [0.25, 0.3) is 0 Å². The van der Waals surface area contributed by atoms with Gasteiger partial charge >= 0.3 is 0 Å². The lowest BCUT2D eigenvalue weighted by Crippen LogP contribution is -2.13. The molecule has 6 heteroatoms. The zero-order valence-corrected chi connectivity index (χ0v) is 12.6. The summed E-state index contributed by atoms with van der Waals surface area (Å²) in [7, 11) is 0. The van der Waals surface area contributed by atoms with E-state index in [9.17, 15) is 9.18 Å². The molecule has 1 heterocycles. The number of hydrogen-bond donors (Lipinski definition) is 2. The summed E-state index contributed by atoms with van der Waals surface area (Å²) in [6.07, 6.45) is 0. The van der Waals surface area contributed by atoms with E-state index in [1.54, 1.807) is 16.8 Å². The number of carbonyl (C=O) groups is 1. The largest absolute Gasteiger partial charge is 0.308 e. The number of hydrogen-bond acceptors (Lipinski definition) is 3. The van der Waals surface area contributed by atoms with E-state index in [4.69, 9.17) is 0 Å². The molecule has 0 bridgehead atoms. The van der Waals surface area contributed by atoms with Crippen LogP contribution in [0.1, 0.15) is 5.56 Å². The van der Waals surface area contributed by atoms with Crippen molar-refractivity contribution in [3.63, 3.8) is 0 Å². The second-order valence-electron chi connectivity index (χ2n) is 4.86. The van der Waals surface area contributed by atoms with Gasteiger partial charge in [0, 0.05) is 5.39 Å². The minimum atomic E-state index is -0.268. The van der Waals surface area contributed by atoms with E-state index in [2.05, 4.69) is 23.0 Å². The molecule has 1 N–H and O–H groups in total. The number of aromatic nitrogens is 2. The van der Waals surface area contributed by atoms with E-state index >= 15 is 0 Å². The van der Waals surface area contributed by atoms with Crippen molar-refractivity contribution in [2.24, 2.45) is 0 Å². The molecule has 3 rings (SSSR count). The van der Waals surface area contributed by atoms with Crippen LogP contribution < -0.4 is 5.32 Å². The highest BCUT2D eigenvalue weighted by Gasteiger charge is 2.12. The van der Waals surface area contributed by atoms with Crippen LogP contribution in [0.15, 0.2) is 48.5 Å². The van der Waals surface area contributed by atoms with Crippen molar-refractivity contribution in [1.29, 1.82) is 0 Å². The molecule has 0 aliphatic heterocycles. The van der Waals surface area contributed by atoms with Gasteiger partial charge in [-0.25, -0.2) is 4.39 Å². The van der Waals surface area contributed by atoms with E-state index in [-0.39, 0.29) is 17.5 Å². The molecule has 0 radical (unpaired) electrons. The fourth-order valence-electron chi connectivity index (χ4n) is 2.27. The van der Waals surface area contributed by atoms with Gasteiger partial charge < -0.3 is 5.32 Å². The third-order valence-electron chi connectivity index (χ3n) is 3.30. The topological polar surface area (TPSA) is 46.9 Å². The predicted molar refractivity (Wildman–Crippen MR) is 87.7 cm³/mol. The summed E-state index contributed by atoms with van der Waals surface area (Å²) in [5, 5.41) is 8.06. The Hall–Kier alpha value is -2.34. The lowest BCUT2D eigenvalue weighted by atomic mass is 10.2. The monoisotopic (exact) mass is 315 g/mol.